The molecule has 0 saturated carbocycles. The van der Waals surface area contributed by atoms with Crippen LogP contribution >= 0.6 is 0 Å². The molecule has 4 heteroatoms. The van der Waals surface area contributed by atoms with Gasteiger partial charge in [-0.1, -0.05) is 146 Å². The van der Waals surface area contributed by atoms with Crippen molar-refractivity contribution in [2.24, 2.45) is 5.41 Å². The maximum absolute atomic E-state index is 6.61. The van der Waals surface area contributed by atoms with E-state index in [2.05, 4.69) is 165 Å². The molecule has 6 aromatic carbocycles. The topological polar surface area (TPSA) is 51.8 Å². The van der Waals surface area contributed by atoms with Gasteiger partial charge in [-0.05, 0) is 93.7 Å². The molecule has 2 aromatic heterocycles. The van der Waals surface area contributed by atoms with E-state index >= 15 is 0 Å². The van der Waals surface area contributed by atoms with Gasteiger partial charge in [-0.2, -0.15) is 0 Å². The maximum Gasteiger partial charge on any atom is 0.164 e. The highest BCUT2D eigenvalue weighted by Crippen LogP contribution is 2.45. The zero-order valence-corrected chi connectivity index (χ0v) is 31.3. The third-order valence-electron chi connectivity index (χ3n) is 12.1. The molecule has 1 atom stereocenters. The molecule has 8 aromatic rings. The van der Waals surface area contributed by atoms with Crippen LogP contribution in [0.25, 0.3) is 77.3 Å². The van der Waals surface area contributed by atoms with E-state index < -0.39 is 0 Å². The van der Waals surface area contributed by atoms with E-state index in [1.807, 2.05) is 0 Å². The monoisotopic (exact) mass is 721 g/mol. The average Bonchev–Trinajstić information content (AvgIpc) is 3.64. The number of fused-ring (bicyclic) bond motifs is 7. The van der Waals surface area contributed by atoms with Gasteiger partial charge in [0.2, 0.25) is 0 Å². The van der Waals surface area contributed by atoms with Crippen LogP contribution in [-0.4, -0.2) is 15.0 Å². The van der Waals surface area contributed by atoms with Crippen LogP contribution in [0.1, 0.15) is 55.6 Å². The second-order valence-corrected chi connectivity index (χ2v) is 15.6. The zero-order chi connectivity index (χ0) is 37.2. The molecule has 3 aliphatic carbocycles. The van der Waals surface area contributed by atoms with Crippen molar-refractivity contribution >= 4 is 43.7 Å². The Bertz CT molecular complexity index is 3020. The van der Waals surface area contributed by atoms with Gasteiger partial charge in [0.05, 0.1) is 0 Å². The first-order valence-electron chi connectivity index (χ1n) is 19.8. The summed E-state index contributed by atoms with van der Waals surface area (Å²) in [7, 11) is 0. The van der Waals surface area contributed by atoms with Crippen LogP contribution in [0.2, 0.25) is 0 Å². The van der Waals surface area contributed by atoms with Gasteiger partial charge < -0.3 is 4.42 Å². The van der Waals surface area contributed by atoms with Crippen LogP contribution in [0.4, 0.5) is 0 Å². The fourth-order valence-electron chi connectivity index (χ4n) is 8.99. The Morgan fingerprint density at radius 1 is 0.554 bits per heavy atom. The number of hydrogen-bond acceptors (Lipinski definition) is 4. The zero-order valence-electron chi connectivity index (χ0n) is 31.3. The van der Waals surface area contributed by atoms with E-state index in [1.54, 1.807) is 0 Å². The normalized spacial score (nSPS) is 17.7. The van der Waals surface area contributed by atoms with Crippen LogP contribution < -0.4 is 0 Å². The Hall–Kier alpha value is -6.65. The SMILES string of the molecule is CC12C=CCCC1=CC(c1nc(C3=CCCc4oc5ccc(-c6cccc(-c7ccccc7)c6)cc5c43)nc(-c3ccc4ccc5ccccc5c4c3)n1)=CC2. The molecule has 0 N–H and O–H groups in total. The summed E-state index contributed by atoms with van der Waals surface area (Å²) < 4.78 is 6.61. The molecule has 56 heavy (non-hydrogen) atoms. The van der Waals surface area contributed by atoms with E-state index in [-0.39, 0.29) is 5.41 Å². The number of furan rings is 1. The van der Waals surface area contributed by atoms with Crippen LogP contribution in [0.5, 0.6) is 0 Å². The number of allylic oxidation sites excluding steroid dienone is 7. The highest BCUT2D eigenvalue weighted by atomic mass is 16.3. The van der Waals surface area contributed by atoms with E-state index in [0.717, 1.165) is 76.7 Å². The number of hydrogen-bond donors (Lipinski definition) is 0. The van der Waals surface area contributed by atoms with Gasteiger partial charge in [0.1, 0.15) is 11.3 Å². The van der Waals surface area contributed by atoms with Crippen molar-refractivity contribution in [1.82, 2.24) is 15.0 Å². The Morgan fingerprint density at radius 3 is 2.18 bits per heavy atom. The molecule has 0 amide bonds. The minimum Gasteiger partial charge on any atom is -0.460 e. The van der Waals surface area contributed by atoms with Gasteiger partial charge in [0.15, 0.2) is 17.5 Å². The van der Waals surface area contributed by atoms with Gasteiger partial charge in [-0.3, -0.25) is 0 Å². The van der Waals surface area contributed by atoms with Crippen LogP contribution in [0.15, 0.2) is 168 Å². The molecule has 2 heterocycles. The lowest BCUT2D eigenvalue weighted by Crippen LogP contribution is -2.21. The maximum atomic E-state index is 6.61. The quantitative estimate of drug-likeness (QED) is 0.131. The first-order chi connectivity index (χ1) is 27.6. The standard InChI is InChI=1S/C52H39N3O/c1-52-27-8-7-16-41(52)30-40(26-28-52)50-53-49(39-23-22-35-21-20-34-13-5-6-17-42(34)44(35)32-39)54-51(55-50)43-18-10-19-47-48(43)45-31-38(24-25-46(45)56-47)37-15-9-14-36(29-37)33-11-3-2-4-12-33/h2-6,8-9,11-15,17-18,20-27,29-32H,7,10,16,19,28H2,1H3. The predicted octanol–water partition coefficient (Wildman–Crippen LogP) is 13.4. The molecule has 3 aliphatic rings. The molecule has 268 valence electrons. The first-order valence-corrected chi connectivity index (χ1v) is 19.8. The molecule has 0 bridgehead atoms. The fraction of sp³-hybridized carbons (Fsp3) is 0.135. The van der Waals surface area contributed by atoms with Gasteiger partial charge in [0, 0.05) is 39.5 Å². The molecule has 0 aliphatic heterocycles. The van der Waals surface area contributed by atoms with Crippen molar-refractivity contribution in [1.29, 1.82) is 0 Å². The van der Waals surface area contributed by atoms with Crippen molar-refractivity contribution in [3.05, 3.63) is 186 Å². The summed E-state index contributed by atoms with van der Waals surface area (Å²) >= 11 is 0. The summed E-state index contributed by atoms with van der Waals surface area (Å²) in [6.45, 7) is 2.34. The molecule has 4 nitrogen and oxygen atoms in total. The second kappa shape index (κ2) is 13.0. The highest BCUT2D eigenvalue weighted by Gasteiger charge is 2.31. The number of benzene rings is 6. The summed E-state index contributed by atoms with van der Waals surface area (Å²) in [6.07, 6.45) is 16.4. The molecule has 0 spiro atoms. The lowest BCUT2D eigenvalue weighted by atomic mass is 9.70. The van der Waals surface area contributed by atoms with Crippen molar-refractivity contribution in [2.75, 3.05) is 0 Å². The highest BCUT2D eigenvalue weighted by molar-refractivity contribution is 6.08. The molecular weight excluding hydrogens is 683 g/mol. The molecule has 0 saturated heterocycles. The molecule has 11 rings (SSSR count). The average molecular weight is 722 g/mol. The largest absolute Gasteiger partial charge is 0.460 e. The molecule has 1 unspecified atom stereocenters. The Labute approximate surface area is 326 Å². The van der Waals surface area contributed by atoms with Gasteiger partial charge >= 0.3 is 0 Å². The van der Waals surface area contributed by atoms with Crippen LogP contribution in [-0.2, 0) is 6.42 Å². The summed E-state index contributed by atoms with van der Waals surface area (Å²) in [5.41, 5.74) is 11.2. The van der Waals surface area contributed by atoms with Gasteiger partial charge in [0.25, 0.3) is 0 Å². The molecule has 0 fully saturated rings. The van der Waals surface area contributed by atoms with Crippen molar-refractivity contribution in [2.45, 2.75) is 39.0 Å². The predicted molar refractivity (Wildman–Crippen MR) is 230 cm³/mol. The van der Waals surface area contributed by atoms with Gasteiger partial charge in [-0.15, -0.1) is 0 Å². The minimum absolute atomic E-state index is 0.0503. The summed E-state index contributed by atoms with van der Waals surface area (Å²) in [6, 6.07) is 45.5. The van der Waals surface area contributed by atoms with E-state index in [0.29, 0.717) is 17.5 Å². The lowest BCUT2D eigenvalue weighted by molar-refractivity contribution is 0.481. The third kappa shape index (κ3) is 5.55. The Morgan fingerprint density at radius 2 is 1.27 bits per heavy atom. The number of nitrogens with zero attached hydrogens (tertiary/aromatic N) is 3. The summed E-state index contributed by atoms with van der Waals surface area (Å²) in [4.78, 5) is 15.9. The number of rotatable bonds is 5. The lowest BCUT2D eigenvalue weighted by Gasteiger charge is -2.34. The first kappa shape index (κ1) is 32.8. The van der Waals surface area contributed by atoms with Crippen molar-refractivity contribution < 1.29 is 4.42 Å². The van der Waals surface area contributed by atoms with E-state index in [4.69, 9.17) is 19.4 Å². The smallest absolute Gasteiger partial charge is 0.164 e. The van der Waals surface area contributed by atoms with Gasteiger partial charge in [-0.25, -0.2) is 15.0 Å². The summed E-state index contributed by atoms with van der Waals surface area (Å²) in [5.74, 6) is 3.05. The van der Waals surface area contributed by atoms with Crippen LogP contribution in [0.3, 0.4) is 0 Å². The number of aromatic nitrogens is 3. The minimum atomic E-state index is 0.0503. The molecule has 0 radical (unpaired) electrons. The van der Waals surface area contributed by atoms with Crippen molar-refractivity contribution in [3.63, 3.8) is 0 Å². The number of aryl methyl sites for hydroxylation is 1. The Balaban J connectivity index is 1.07. The van der Waals surface area contributed by atoms with Crippen LogP contribution in [0, 0.1) is 5.41 Å². The van der Waals surface area contributed by atoms with E-state index in [9.17, 15) is 0 Å². The van der Waals surface area contributed by atoms with Crippen molar-refractivity contribution in [3.8, 4) is 33.6 Å². The summed E-state index contributed by atoms with van der Waals surface area (Å²) in [5, 5.41) is 5.91. The van der Waals surface area contributed by atoms with E-state index in [1.165, 1.54) is 43.8 Å². The third-order valence-corrected chi connectivity index (χ3v) is 12.1. The molecular formula is C52H39N3O. The second-order valence-electron chi connectivity index (χ2n) is 15.6. The Kier molecular flexibility index (Phi) is 7.60. The fourth-order valence-corrected chi connectivity index (χ4v) is 8.99.